The molecule has 2 aliphatic rings. The lowest BCUT2D eigenvalue weighted by Gasteiger charge is -2.35. The van der Waals surface area contributed by atoms with Gasteiger partial charge in [-0.05, 0) is 47.6 Å². The number of urea groups is 1. The molecule has 0 radical (unpaired) electrons. The van der Waals surface area contributed by atoms with Crippen LogP contribution < -0.4 is 10.3 Å². The van der Waals surface area contributed by atoms with E-state index in [2.05, 4.69) is 16.5 Å². The molecule has 6 nitrogen and oxygen atoms in total. The highest BCUT2D eigenvalue weighted by Gasteiger charge is 2.34. The summed E-state index contributed by atoms with van der Waals surface area (Å²) >= 11 is 0. The standard InChI is InChI=1S/C19H20N4O2/c1-13(24)23-18-7-6-16(15-4-5-15)9-17(18)12-22(19(23)25)21-11-14-3-2-8-20-10-14/h2-3,6-10,15,21H,4-5,11-12H2,1H3. The van der Waals surface area contributed by atoms with Crippen molar-refractivity contribution in [2.24, 2.45) is 0 Å². The number of hydrogen-bond acceptors (Lipinski definition) is 4. The first-order valence-corrected chi connectivity index (χ1v) is 8.51. The number of nitrogens with zero attached hydrogens (tertiary/aromatic N) is 3. The molecule has 0 atom stereocenters. The van der Waals surface area contributed by atoms with Crippen molar-refractivity contribution in [3.63, 3.8) is 0 Å². The van der Waals surface area contributed by atoms with Crippen LogP contribution in [0, 0.1) is 0 Å². The molecule has 1 aliphatic carbocycles. The van der Waals surface area contributed by atoms with E-state index in [-0.39, 0.29) is 11.9 Å². The molecule has 1 aromatic carbocycles. The SMILES string of the molecule is CC(=O)N1C(=O)N(NCc2cccnc2)Cc2cc(C3CC3)ccc21. The third-order valence-corrected chi connectivity index (χ3v) is 4.66. The highest BCUT2D eigenvalue weighted by molar-refractivity contribution is 6.14. The summed E-state index contributed by atoms with van der Waals surface area (Å²) in [6.07, 6.45) is 5.90. The van der Waals surface area contributed by atoms with Gasteiger partial charge in [0.05, 0.1) is 12.2 Å². The van der Waals surface area contributed by atoms with E-state index in [0.29, 0.717) is 24.7 Å². The average molecular weight is 336 g/mol. The quantitative estimate of drug-likeness (QED) is 0.932. The van der Waals surface area contributed by atoms with Gasteiger partial charge in [-0.3, -0.25) is 14.8 Å². The summed E-state index contributed by atoms with van der Waals surface area (Å²) in [6, 6.07) is 9.53. The number of fused-ring (bicyclic) bond motifs is 1. The lowest BCUT2D eigenvalue weighted by atomic mass is 10.0. The van der Waals surface area contributed by atoms with Gasteiger partial charge in [-0.25, -0.2) is 15.1 Å². The van der Waals surface area contributed by atoms with Gasteiger partial charge in [-0.2, -0.15) is 0 Å². The normalized spacial score (nSPS) is 16.8. The first-order chi connectivity index (χ1) is 12.1. The number of carbonyl (C=O) groups excluding carboxylic acids is 2. The number of rotatable bonds is 4. The molecule has 2 heterocycles. The molecule has 0 bridgehead atoms. The van der Waals surface area contributed by atoms with Crippen LogP contribution in [0.25, 0.3) is 0 Å². The van der Waals surface area contributed by atoms with Crippen LogP contribution in [0.5, 0.6) is 0 Å². The predicted octanol–water partition coefficient (Wildman–Crippen LogP) is 2.95. The van der Waals surface area contributed by atoms with Crippen LogP contribution in [-0.4, -0.2) is 21.9 Å². The zero-order valence-corrected chi connectivity index (χ0v) is 14.1. The first kappa shape index (κ1) is 15.8. The second kappa shape index (κ2) is 6.29. The van der Waals surface area contributed by atoms with Crippen molar-refractivity contribution in [3.05, 3.63) is 59.4 Å². The van der Waals surface area contributed by atoms with E-state index in [1.54, 1.807) is 12.4 Å². The first-order valence-electron chi connectivity index (χ1n) is 8.51. The maximum Gasteiger partial charge on any atom is 0.346 e. The zero-order valence-electron chi connectivity index (χ0n) is 14.1. The van der Waals surface area contributed by atoms with Gasteiger partial charge in [0.15, 0.2) is 0 Å². The summed E-state index contributed by atoms with van der Waals surface area (Å²) in [5, 5.41) is 1.51. The maximum atomic E-state index is 12.7. The predicted molar refractivity (Wildman–Crippen MR) is 93.6 cm³/mol. The van der Waals surface area contributed by atoms with Gasteiger partial charge < -0.3 is 0 Å². The largest absolute Gasteiger partial charge is 0.346 e. The number of benzene rings is 1. The summed E-state index contributed by atoms with van der Waals surface area (Å²) in [4.78, 5) is 30.1. The number of aromatic nitrogens is 1. The van der Waals surface area contributed by atoms with Crippen LogP contribution in [0.2, 0.25) is 0 Å². The third-order valence-electron chi connectivity index (χ3n) is 4.66. The number of hydrogen-bond donors (Lipinski definition) is 1. The van der Waals surface area contributed by atoms with Crippen molar-refractivity contribution < 1.29 is 9.59 Å². The minimum atomic E-state index is -0.344. The summed E-state index contributed by atoms with van der Waals surface area (Å²) in [6.45, 7) is 2.34. The molecule has 3 amide bonds. The Morgan fingerprint density at radius 3 is 2.84 bits per heavy atom. The van der Waals surface area contributed by atoms with Crippen LogP contribution in [-0.2, 0) is 17.9 Å². The van der Waals surface area contributed by atoms with E-state index in [4.69, 9.17) is 0 Å². The minimum Gasteiger partial charge on any atom is -0.274 e. The van der Waals surface area contributed by atoms with Gasteiger partial charge >= 0.3 is 6.03 Å². The van der Waals surface area contributed by atoms with Crippen LogP contribution in [0.1, 0.15) is 42.4 Å². The highest BCUT2D eigenvalue weighted by atomic mass is 16.2. The van der Waals surface area contributed by atoms with Gasteiger partial charge in [0.1, 0.15) is 0 Å². The fourth-order valence-corrected chi connectivity index (χ4v) is 3.20. The lowest BCUT2D eigenvalue weighted by Crippen LogP contribution is -2.54. The molecule has 0 saturated heterocycles. The van der Waals surface area contributed by atoms with Crippen molar-refractivity contribution >= 4 is 17.6 Å². The van der Waals surface area contributed by atoms with Gasteiger partial charge in [0.2, 0.25) is 5.91 Å². The summed E-state index contributed by atoms with van der Waals surface area (Å²) in [7, 11) is 0. The van der Waals surface area contributed by atoms with Crippen molar-refractivity contribution in [1.82, 2.24) is 15.4 Å². The number of pyridine rings is 1. The van der Waals surface area contributed by atoms with Crippen molar-refractivity contribution in [1.29, 1.82) is 0 Å². The molecule has 1 fully saturated rings. The smallest absolute Gasteiger partial charge is 0.274 e. The highest BCUT2D eigenvalue weighted by Crippen LogP contribution is 2.42. The van der Waals surface area contributed by atoms with Gasteiger partial charge in [0.25, 0.3) is 0 Å². The van der Waals surface area contributed by atoms with Crippen LogP contribution >= 0.6 is 0 Å². The Balaban J connectivity index is 1.60. The second-order valence-corrected chi connectivity index (χ2v) is 6.58. The molecule has 0 unspecified atom stereocenters. The Labute approximate surface area is 146 Å². The molecule has 1 aromatic heterocycles. The Bertz CT molecular complexity index is 817. The Hall–Kier alpha value is -2.73. The fourth-order valence-electron chi connectivity index (χ4n) is 3.20. The number of amides is 3. The average Bonchev–Trinajstić information content (AvgIpc) is 3.45. The van der Waals surface area contributed by atoms with E-state index in [1.807, 2.05) is 24.3 Å². The van der Waals surface area contributed by atoms with E-state index >= 15 is 0 Å². The maximum absolute atomic E-state index is 12.7. The Kier molecular flexibility index (Phi) is 3.97. The van der Waals surface area contributed by atoms with E-state index in [0.717, 1.165) is 11.1 Å². The van der Waals surface area contributed by atoms with E-state index < -0.39 is 0 Å². The summed E-state index contributed by atoms with van der Waals surface area (Å²) in [5.41, 5.74) is 7.09. The molecular weight excluding hydrogens is 316 g/mol. The Morgan fingerprint density at radius 2 is 2.16 bits per heavy atom. The molecule has 128 valence electrons. The molecule has 1 saturated carbocycles. The molecular formula is C19H20N4O2. The van der Waals surface area contributed by atoms with Crippen LogP contribution in [0.15, 0.2) is 42.7 Å². The molecule has 0 spiro atoms. The number of imide groups is 1. The second-order valence-electron chi connectivity index (χ2n) is 6.58. The minimum absolute atomic E-state index is 0.279. The molecule has 6 heteroatoms. The van der Waals surface area contributed by atoms with Crippen LogP contribution in [0.4, 0.5) is 10.5 Å². The van der Waals surface area contributed by atoms with Gasteiger partial charge in [0, 0.05) is 25.9 Å². The van der Waals surface area contributed by atoms with Gasteiger partial charge in [-0.1, -0.05) is 18.2 Å². The van der Waals surface area contributed by atoms with Crippen molar-refractivity contribution in [2.75, 3.05) is 4.90 Å². The summed E-state index contributed by atoms with van der Waals surface area (Å²) < 4.78 is 0. The molecule has 1 N–H and O–H groups in total. The lowest BCUT2D eigenvalue weighted by molar-refractivity contribution is -0.116. The Morgan fingerprint density at radius 1 is 1.32 bits per heavy atom. The monoisotopic (exact) mass is 336 g/mol. The van der Waals surface area contributed by atoms with Crippen LogP contribution in [0.3, 0.4) is 0 Å². The number of anilines is 1. The topological polar surface area (TPSA) is 65.5 Å². The van der Waals surface area contributed by atoms with E-state index in [9.17, 15) is 9.59 Å². The molecule has 25 heavy (non-hydrogen) atoms. The van der Waals surface area contributed by atoms with Gasteiger partial charge in [-0.15, -0.1) is 0 Å². The fraction of sp³-hybridized carbons (Fsp3) is 0.316. The third kappa shape index (κ3) is 3.13. The van der Waals surface area contributed by atoms with Crippen molar-refractivity contribution in [2.45, 2.75) is 38.8 Å². The van der Waals surface area contributed by atoms with Crippen molar-refractivity contribution in [3.8, 4) is 0 Å². The molecule has 2 aromatic rings. The number of nitrogens with one attached hydrogen (secondary N) is 1. The zero-order chi connectivity index (χ0) is 17.4. The number of carbonyl (C=O) groups is 2. The number of hydrazine groups is 1. The van der Waals surface area contributed by atoms with E-state index in [1.165, 1.54) is 35.2 Å². The molecule has 1 aliphatic heterocycles. The summed E-state index contributed by atoms with van der Waals surface area (Å²) in [5.74, 6) is 0.351. The molecule has 4 rings (SSSR count).